The molecule has 0 atom stereocenters. The van der Waals surface area contributed by atoms with Gasteiger partial charge in [-0.3, -0.25) is 0 Å². The van der Waals surface area contributed by atoms with Gasteiger partial charge in [0.25, 0.3) is 0 Å². The van der Waals surface area contributed by atoms with Crippen LogP contribution in [0.3, 0.4) is 0 Å². The molecule has 0 radical (unpaired) electrons. The molecule has 0 spiro atoms. The van der Waals surface area contributed by atoms with Gasteiger partial charge < -0.3 is 4.74 Å². The van der Waals surface area contributed by atoms with Crippen molar-refractivity contribution in [1.82, 2.24) is 0 Å². The number of hydrogen-bond acceptors (Lipinski definition) is 1. The molecule has 1 aromatic rings. The van der Waals surface area contributed by atoms with E-state index in [-0.39, 0.29) is 0 Å². The van der Waals surface area contributed by atoms with Gasteiger partial charge in [0.2, 0.25) is 0 Å². The van der Waals surface area contributed by atoms with Crippen LogP contribution in [-0.2, 0) is 0 Å². The maximum atomic E-state index is 6.85. The lowest BCUT2D eigenvalue weighted by atomic mass is 10.2. The Labute approximate surface area is 59.5 Å². The van der Waals surface area contributed by atoms with Crippen molar-refractivity contribution in [2.45, 2.75) is 6.92 Å². The number of benzene rings is 1. The van der Waals surface area contributed by atoms with Crippen LogP contribution in [0.5, 0.6) is 5.75 Å². The second-order valence-corrected chi connectivity index (χ2v) is 1.92. The van der Waals surface area contributed by atoms with Crippen molar-refractivity contribution >= 4 is 0 Å². The van der Waals surface area contributed by atoms with E-state index in [2.05, 4.69) is 4.74 Å². The van der Waals surface area contributed by atoms with Crippen molar-refractivity contribution in [2.24, 2.45) is 0 Å². The molecule has 0 heterocycles. The van der Waals surface area contributed by atoms with E-state index in [0.717, 1.165) is 5.56 Å². The third kappa shape index (κ3) is 1.46. The maximum absolute atomic E-state index is 6.85. The molecule has 0 aliphatic carbocycles. The molecule has 9 heavy (non-hydrogen) atoms. The molecule has 0 amide bonds. The zero-order valence-corrected chi connectivity index (χ0v) is 5.22. The highest BCUT2D eigenvalue weighted by Gasteiger charge is 1.86. The summed E-state index contributed by atoms with van der Waals surface area (Å²) in [5.74, 6) is 0.384. The Balaban J connectivity index is 2.77. The summed E-state index contributed by atoms with van der Waals surface area (Å²) in [7, 11) is -2.35. The van der Waals surface area contributed by atoms with E-state index < -0.39 is 7.04 Å². The molecular weight excluding hydrogens is 112 g/mol. The van der Waals surface area contributed by atoms with E-state index in [1.54, 1.807) is 18.2 Å². The van der Waals surface area contributed by atoms with Crippen LogP contribution in [0, 0.1) is 6.92 Å². The second-order valence-electron chi connectivity index (χ2n) is 1.92. The Morgan fingerprint density at radius 1 is 1.56 bits per heavy atom. The molecule has 1 aromatic carbocycles. The van der Waals surface area contributed by atoms with Crippen LogP contribution in [0.1, 0.15) is 9.68 Å². The van der Waals surface area contributed by atoms with Crippen LogP contribution in [0.15, 0.2) is 24.3 Å². The highest BCUT2D eigenvalue weighted by Crippen LogP contribution is 2.10. The lowest BCUT2D eigenvalue weighted by Gasteiger charge is -1.97. The molecule has 0 aliphatic heterocycles. The summed E-state index contributed by atoms with van der Waals surface area (Å²) in [5.41, 5.74) is 0.983. The van der Waals surface area contributed by atoms with Crippen molar-refractivity contribution < 1.29 is 8.85 Å². The van der Waals surface area contributed by atoms with E-state index in [4.69, 9.17) is 4.11 Å². The van der Waals surface area contributed by atoms with Crippen molar-refractivity contribution in [3.8, 4) is 5.75 Å². The summed E-state index contributed by atoms with van der Waals surface area (Å²) in [6, 6.07) is 6.95. The van der Waals surface area contributed by atoms with Crippen molar-refractivity contribution in [3.05, 3.63) is 29.8 Å². The first kappa shape index (κ1) is 3.25. The minimum absolute atomic E-state index is 0.384. The predicted octanol–water partition coefficient (Wildman–Crippen LogP) is 2.00. The highest BCUT2D eigenvalue weighted by atomic mass is 16.5. The molecule has 1 heteroatoms. The van der Waals surface area contributed by atoms with Crippen LogP contribution in [-0.4, -0.2) is 7.04 Å². The van der Waals surface area contributed by atoms with Crippen molar-refractivity contribution in [2.75, 3.05) is 7.04 Å². The van der Waals surface area contributed by atoms with E-state index in [1.165, 1.54) is 0 Å². The van der Waals surface area contributed by atoms with Crippen LogP contribution in [0.2, 0.25) is 0 Å². The van der Waals surface area contributed by atoms with Crippen molar-refractivity contribution in [1.29, 1.82) is 0 Å². The molecule has 0 N–H and O–H groups in total. The molecule has 0 aromatic heterocycles. The number of aryl methyl sites for hydroxylation is 1. The SMILES string of the molecule is [2H]C([2H])([2H])Oc1cccc(C)c1. The Bertz CT molecular complexity index is 267. The monoisotopic (exact) mass is 125 g/mol. The number of rotatable bonds is 1. The smallest absolute Gasteiger partial charge is 0.119 e. The fourth-order valence-electron chi connectivity index (χ4n) is 0.679. The van der Waals surface area contributed by atoms with Gasteiger partial charge >= 0.3 is 0 Å². The summed E-state index contributed by atoms with van der Waals surface area (Å²) in [4.78, 5) is 0. The second kappa shape index (κ2) is 2.53. The van der Waals surface area contributed by atoms with E-state index in [1.807, 2.05) is 13.0 Å². The van der Waals surface area contributed by atoms with E-state index in [0.29, 0.717) is 5.75 Å². The predicted molar refractivity (Wildman–Crippen MR) is 37.7 cm³/mol. The minimum atomic E-state index is -2.35. The normalized spacial score (nSPS) is 15.4. The third-order valence-corrected chi connectivity index (χ3v) is 1.11. The fraction of sp³-hybridized carbons (Fsp3) is 0.250. The summed E-state index contributed by atoms with van der Waals surface area (Å²) in [6.45, 7) is 1.88. The van der Waals surface area contributed by atoms with Gasteiger partial charge in [-0.25, -0.2) is 0 Å². The molecule has 0 fully saturated rings. The highest BCUT2D eigenvalue weighted by molar-refractivity contribution is 5.27. The lowest BCUT2D eigenvalue weighted by molar-refractivity contribution is 0.414. The minimum Gasteiger partial charge on any atom is -0.497 e. The number of hydrogen-bond donors (Lipinski definition) is 0. The molecule has 1 rings (SSSR count). The maximum Gasteiger partial charge on any atom is 0.119 e. The van der Waals surface area contributed by atoms with Gasteiger partial charge in [0.05, 0.1) is 11.2 Å². The summed E-state index contributed by atoms with van der Waals surface area (Å²) >= 11 is 0. The van der Waals surface area contributed by atoms with E-state index >= 15 is 0 Å². The molecule has 0 aliphatic rings. The summed E-state index contributed by atoms with van der Waals surface area (Å²) < 4.78 is 25.2. The molecular formula is C8H10O. The fourth-order valence-corrected chi connectivity index (χ4v) is 0.679. The Morgan fingerprint density at radius 3 is 3.11 bits per heavy atom. The average Bonchev–Trinajstić information content (AvgIpc) is 1.82. The summed E-state index contributed by atoms with van der Waals surface area (Å²) in [5, 5.41) is 0. The van der Waals surface area contributed by atoms with Crippen molar-refractivity contribution in [3.63, 3.8) is 0 Å². The topological polar surface area (TPSA) is 9.23 Å². The molecule has 0 unspecified atom stereocenters. The Hall–Kier alpha value is -0.980. The van der Waals surface area contributed by atoms with E-state index in [9.17, 15) is 0 Å². The van der Waals surface area contributed by atoms with Crippen LogP contribution in [0.4, 0.5) is 0 Å². The summed E-state index contributed by atoms with van der Waals surface area (Å²) in [6.07, 6.45) is 0. The van der Waals surface area contributed by atoms with Gasteiger partial charge in [-0.2, -0.15) is 0 Å². The number of ether oxygens (including phenoxy) is 1. The molecule has 0 bridgehead atoms. The Morgan fingerprint density at radius 2 is 2.44 bits per heavy atom. The zero-order valence-electron chi connectivity index (χ0n) is 8.22. The third-order valence-electron chi connectivity index (χ3n) is 1.11. The Kier molecular flexibility index (Phi) is 0.916. The van der Waals surface area contributed by atoms with Crippen LogP contribution in [0.25, 0.3) is 0 Å². The van der Waals surface area contributed by atoms with Crippen LogP contribution >= 0.6 is 0 Å². The molecule has 1 nitrogen and oxygen atoms in total. The first-order chi connectivity index (χ1) is 5.47. The first-order valence-electron chi connectivity index (χ1n) is 4.23. The zero-order chi connectivity index (χ0) is 9.19. The largest absolute Gasteiger partial charge is 0.497 e. The van der Waals surface area contributed by atoms with Gasteiger partial charge in [0, 0.05) is 0 Å². The standard InChI is InChI=1S/C8H10O/c1-7-4-3-5-8(6-7)9-2/h3-6H,1-2H3/i2D3. The lowest BCUT2D eigenvalue weighted by Crippen LogP contribution is -1.81. The van der Waals surface area contributed by atoms with Crippen LogP contribution < -0.4 is 4.74 Å². The van der Waals surface area contributed by atoms with Gasteiger partial charge in [-0.05, 0) is 24.6 Å². The quantitative estimate of drug-likeness (QED) is 0.557. The first-order valence-corrected chi connectivity index (χ1v) is 2.73. The average molecular weight is 125 g/mol. The molecule has 0 saturated carbocycles. The van der Waals surface area contributed by atoms with Gasteiger partial charge in [0.1, 0.15) is 5.75 Å². The van der Waals surface area contributed by atoms with Gasteiger partial charge in [0.15, 0.2) is 0 Å². The molecule has 0 saturated heterocycles. The van der Waals surface area contributed by atoms with Gasteiger partial charge in [-0.15, -0.1) is 0 Å². The molecule has 48 valence electrons. The number of methoxy groups -OCH3 is 1. The van der Waals surface area contributed by atoms with Gasteiger partial charge in [-0.1, -0.05) is 12.1 Å².